The summed E-state index contributed by atoms with van der Waals surface area (Å²) in [7, 11) is 0. The molecule has 0 aliphatic rings. The number of carbonyl (C=O) groups is 1. The lowest BCUT2D eigenvalue weighted by atomic mass is 10.1. The van der Waals surface area contributed by atoms with E-state index in [2.05, 4.69) is 19.9 Å². The molecule has 2 heterocycles. The van der Waals surface area contributed by atoms with Gasteiger partial charge in [-0.15, -0.1) is 0 Å². The highest BCUT2D eigenvalue weighted by Gasteiger charge is 2.13. The zero-order chi connectivity index (χ0) is 19.7. The summed E-state index contributed by atoms with van der Waals surface area (Å²) in [6.07, 6.45) is 0.747. The number of imidazole rings is 1. The second-order valence-electron chi connectivity index (χ2n) is 6.57. The number of para-hydroxylation sites is 2. The Morgan fingerprint density at radius 3 is 2.82 bits per heavy atom. The Bertz CT molecular complexity index is 1190. The number of nitrogens with one attached hydrogen (secondary N) is 1. The van der Waals surface area contributed by atoms with E-state index in [1.54, 1.807) is 12.1 Å². The smallest absolute Gasteiger partial charge is 0.254 e. The fraction of sp³-hybridized carbons (Fsp3) is 0.190. The SMILES string of the molecule is Cc1nc2ccccc2n1CCCNC(=O)c1cc2ccc(F)cc2nc1Cl. The summed E-state index contributed by atoms with van der Waals surface area (Å²) in [4.78, 5) is 21.2. The number of fused-ring (bicyclic) bond motifs is 2. The molecule has 4 rings (SSSR count). The molecule has 0 atom stereocenters. The molecule has 0 spiro atoms. The van der Waals surface area contributed by atoms with Crippen LogP contribution in [0.5, 0.6) is 0 Å². The molecule has 1 N–H and O–H groups in total. The fourth-order valence-electron chi connectivity index (χ4n) is 3.29. The van der Waals surface area contributed by atoms with Crippen molar-refractivity contribution >= 4 is 39.4 Å². The average Bonchev–Trinajstić information content (AvgIpc) is 2.99. The van der Waals surface area contributed by atoms with Crippen LogP contribution in [0.2, 0.25) is 5.15 Å². The van der Waals surface area contributed by atoms with Crippen molar-refractivity contribution in [3.8, 4) is 0 Å². The second kappa shape index (κ2) is 7.56. The highest BCUT2D eigenvalue weighted by molar-refractivity contribution is 6.33. The largest absolute Gasteiger partial charge is 0.352 e. The summed E-state index contributed by atoms with van der Waals surface area (Å²) < 4.78 is 15.4. The molecule has 0 aliphatic heterocycles. The second-order valence-corrected chi connectivity index (χ2v) is 6.93. The maximum Gasteiger partial charge on any atom is 0.254 e. The predicted molar refractivity (Wildman–Crippen MR) is 108 cm³/mol. The minimum atomic E-state index is -0.393. The molecule has 4 aromatic rings. The average molecular weight is 397 g/mol. The highest BCUT2D eigenvalue weighted by atomic mass is 35.5. The number of amides is 1. The van der Waals surface area contributed by atoms with Crippen molar-refractivity contribution < 1.29 is 9.18 Å². The van der Waals surface area contributed by atoms with Crippen LogP contribution in [0.3, 0.4) is 0 Å². The van der Waals surface area contributed by atoms with E-state index in [4.69, 9.17) is 11.6 Å². The van der Waals surface area contributed by atoms with Crippen LogP contribution < -0.4 is 5.32 Å². The summed E-state index contributed by atoms with van der Waals surface area (Å²) in [6, 6.07) is 13.8. The van der Waals surface area contributed by atoms with Gasteiger partial charge in [0.25, 0.3) is 5.91 Å². The van der Waals surface area contributed by atoms with Crippen LogP contribution in [0.4, 0.5) is 4.39 Å². The molecule has 0 bridgehead atoms. The maximum atomic E-state index is 13.3. The number of halogens is 2. The summed E-state index contributed by atoms with van der Waals surface area (Å²) in [5, 5.41) is 3.60. The number of aromatic nitrogens is 3. The molecule has 5 nitrogen and oxygen atoms in total. The van der Waals surface area contributed by atoms with Gasteiger partial charge in [-0.05, 0) is 43.7 Å². The van der Waals surface area contributed by atoms with Gasteiger partial charge in [-0.2, -0.15) is 0 Å². The predicted octanol–water partition coefficient (Wildman–Crippen LogP) is 4.51. The Morgan fingerprint density at radius 1 is 1.14 bits per heavy atom. The highest BCUT2D eigenvalue weighted by Crippen LogP contribution is 2.21. The molecule has 142 valence electrons. The zero-order valence-electron chi connectivity index (χ0n) is 15.2. The Labute approximate surface area is 166 Å². The van der Waals surface area contributed by atoms with Gasteiger partial charge in [-0.3, -0.25) is 4.79 Å². The van der Waals surface area contributed by atoms with Crippen molar-refractivity contribution in [3.05, 3.63) is 70.9 Å². The van der Waals surface area contributed by atoms with E-state index in [9.17, 15) is 9.18 Å². The topological polar surface area (TPSA) is 59.8 Å². The molecule has 28 heavy (non-hydrogen) atoms. The van der Waals surface area contributed by atoms with Crippen molar-refractivity contribution in [3.63, 3.8) is 0 Å². The lowest BCUT2D eigenvalue weighted by molar-refractivity contribution is 0.0952. The Hall–Kier alpha value is -2.99. The van der Waals surface area contributed by atoms with Crippen LogP contribution in [0.15, 0.2) is 48.5 Å². The van der Waals surface area contributed by atoms with Crippen LogP contribution in [0.1, 0.15) is 22.6 Å². The number of nitrogens with zero attached hydrogens (tertiary/aromatic N) is 3. The molecule has 0 aliphatic carbocycles. The fourth-order valence-corrected chi connectivity index (χ4v) is 3.52. The van der Waals surface area contributed by atoms with Gasteiger partial charge in [0.1, 0.15) is 16.8 Å². The van der Waals surface area contributed by atoms with E-state index >= 15 is 0 Å². The van der Waals surface area contributed by atoms with Gasteiger partial charge in [0.15, 0.2) is 0 Å². The van der Waals surface area contributed by atoms with Gasteiger partial charge in [-0.25, -0.2) is 14.4 Å². The maximum absolute atomic E-state index is 13.3. The third kappa shape index (κ3) is 3.55. The third-order valence-corrected chi connectivity index (χ3v) is 4.96. The number of pyridine rings is 1. The van der Waals surface area contributed by atoms with Crippen LogP contribution >= 0.6 is 11.6 Å². The molecule has 0 saturated heterocycles. The van der Waals surface area contributed by atoms with E-state index in [-0.39, 0.29) is 16.6 Å². The van der Waals surface area contributed by atoms with E-state index < -0.39 is 5.82 Å². The van der Waals surface area contributed by atoms with E-state index in [1.807, 2.05) is 31.2 Å². The first kappa shape index (κ1) is 18.4. The standard InChI is InChI=1S/C21H18ClFN4O/c1-13-25-17-5-2-3-6-19(17)27(13)10-4-9-24-21(28)16-11-14-7-8-15(23)12-18(14)26-20(16)22/h2-3,5-8,11-12H,4,9-10H2,1H3,(H,24,28). The van der Waals surface area contributed by atoms with Crippen LogP contribution in [0.25, 0.3) is 21.9 Å². The molecule has 7 heteroatoms. The van der Waals surface area contributed by atoms with Crippen molar-refractivity contribution in [1.82, 2.24) is 19.9 Å². The normalized spacial score (nSPS) is 11.2. The molecule has 1 amide bonds. The molecular weight excluding hydrogens is 379 g/mol. The van der Waals surface area contributed by atoms with Gasteiger partial charge in [0, 0.05) is 24.5 Å². The van der Waals surface area contributed by atoms with E-state index in [0.29, 0.717) is 17.4 Å². The summed E-state index contributed by atoms with van der Waals surface area (Å²) in [5.74, 6) is 0.257. The van der Waals surface area contributed by atoms with Crippen LogP contribution in [-0.2, 0) is 6.54 Å². The zero-order valence-corrected chi connectivity index (χ0v) is 16.0. The number of rotatable bonds is 5. The third-order valence-electron chi connectivity index (χ3n) is 4.67. The number of aryl methyl sites for hydroxylation is 2. The van der Waals surface area contributed by atoms with Gasteiger partial charge < -0.3 is 9.88 Å². The Morgan fingerprint density at radius 2 is 1.96 bits per heavy atom. The molecular formula is C21H18ClFN4O. The molecule has 0 saturated carbocycles. The van der Waals surface area contributed by atoms with Crippen molar-refractivity contribution in [2.24, 2.45) is 0 Å². The molecule has 0 fully saturated rings. The molecule has 2 aromatic carbocycles. The summed E-state index contributed by atoms with van der Waals surface area (Å²) >= 11 is 6.12. The van der Waals surface area contributed by atoms with E-state index in [0.717, 1.165) is 29.8 Å². The minimum Gasteiger partial charge on any atom is -0.352 e. The van der Waals surface area contributed by atoms with Crippen LogP contribution in [0, 0.1) is 12.7 Å². The monoisotopic (exact) mass is 396 g/mol. The van der Waals surface area contributed by atoms with Gasteiger partial charge in [0.2, 0.25) is 0 Å². The first-order valence-electron chi connectivity index (χ1n) is 8.99. The Kier molecular flexibility index (Phi) is 4.96. The summed E-state index contributed by atoms with van der Waals surface area (Å²) in [6.45, 7) is 3.21. The van der Waals surface area contributed by atoms with E-state index in [1.165, 1.54) is 12.1 Å². The number of carbonyl (C=O) groups excluding carboxylic acids is 1. The lowest BCUT2D eigenvalue weighted by Crippen LogP contribution is -2.25. The van der Waals surface area contributed by atoms with Gasteiger partial charge in [-0.1, -0.05) is 23.7 Å². The summed E-state index contributed by atoms with van der Waals surface area (Å²) in [5.41, 5.74) is 2.75. The number of hydrogen-bond donors (Lipinski definition) is 1. The molecule has 0 radical (unpaired) electrons. The van der Waals surface area contributed by atoms with Crippen molar-refractivity contribution in [2.75, 3.05) is 6.54 Å². The first-order valence-corrected chi connectivity index (χ1v) is 9.36. The Balaban J connectivity index is 1.42. The number of benzene rings is 2. The minimum absolute atomic E-state index is 0.0621. The molecule has 2 aromatic heterocycles. The quantitative estimate of drug-likeness (QED) is 0.399. The number of hydrogen-bond acceptors (Lipinski definition) is 3. The van der Waals surface area contributed by atoms with Gasteiger partial charge >= 0.3 is 0 Å². The first-order chi connectivity index (χ1) is 13.5. The van der Waals surface area contributed by atoms with Crippen molar-refractivity contribution in [2.45, 2.75) is 19.9 Å². The lowest BCUT2D eigenvalue weighted by Gasteiger charge is -2.09. The van der Waals surface area contributed by atoms with Crippen molar-refractivity contribution in [1.29, 1.82) is 0 Å². The van der Waals surface area contributed by atoms with Crippen LogP contribution in [-0.4, -0.2) is 27.0 Å². The van der Waals surface area contributed by atoms with Gasteiger partial charge in [0.05, 0.1) is 22.1 Å². The molecule has 0 unspecified atom stereocenters.